The summed E-state index contributed by atoms with van der Waals surface area (Å²) in [6.07, 6.45) is -5.54. The van der Waals surface area contributed by atoms with Crippen molar-refractivity contribution in [3.63, 3.8) is 0 Å². The Morgan fingerprint density at radius 2 is 1.92 bits per heavy atom. The van der Waals surface area contributed by atoms with Crippen molar-refractivity contribution in [3.8, 4) is 6.07 Å². The van der Waals surface area contributed by atoms with Gasteiger partial charge in [0.1, 0.15) is 18.5 Å². The number of aliphatic hydroxyl groups is 1. The minimum atomic E-state index is -3.96. The highest BCUT2D eigenvalue weighted by Crippen LogP contribution is 2.55. The smallest absolute Gasteiger partial charge is 0.330 e. The van der Waals surface area contributed by atoms with Crippen LogP contribution in [0.1, 0.15) is 18.9 Å². The Balaban J connectivity index is 1.18. The second kappa shape index (κ2) is 14.6. The van der Waals surface area contributed by atoms with E-state index in [1.807, 2.05) is 41.4 Å². The number of fused-ring (bicyclic) bond motifs is 1. The Morgan fingerprint density at radius 1 is 1.10 bits per heavy atom. The Hall–Kier alpha value is -3.99. The van der Waals surface area contributed by atoms with Crippen molar-refractivity contribution in [2.24, 2.45) is 0 Å². The van der Waals surface area contributed by atoms with Crippen molar-refractivity contribution in [3.05, 3.63) is 82.5 Å². The summed E-state index contributed by atoms with van der Waals surface area (Å²) in [4.78, 5) is 39.0. The predicted molar refractivity (Wildman–Crippen MR) is 167 cm³/mol. The van der Waals surface area contributed by atoms with E-state index in [0.29, 0.717) is 17.0 Å². The first kappa shape index (κ1) is 33.9. The molecule has 1 unspecified atom stereocenters. The maximum Gasteiger partial charge on any atom is 0.330 e. The Kier molecular flexibility index (Phi) is 10.3. The minimum Gasteiger partial charge on any atom is -0.394 e. The summed E-state index contributed by atoms with van der Waals surface area (Å²) in [6, 6.07) is 12.2. The lowest BCUT2D eigenvalue weighted by Crippen LogP contribution is -2.37. The molecule has 2 saturated heterocycles. The monoisotopic (exact) mass is 705 g/mol. The van der Waals surface area contributed by atoms with Gasteiger partial charge in [-0.1, -0.05) is 18.2 Å². The van der Waals surface area contributed by atoms with Crippen LogP contribution in [0.4, 0.5) is 20.3 Å². The number of imidazole rings is 1. The molecule has 4 aromatic rings. The Labute approximate surface area is 275 Å². The third kappa shape index (κ3) is 7.21. The first-order valence-corrected chi connectivity index (χ1v) is 17.1. The molecule has 0 saturated carbocycles. The van der Waals surface area contributed by atoms with E-state index in [4.69, 9.17) is 40.1 Å². The molecule has 253 valence electrons. The highest BCUT2D eigenvalue weighted by molar-refractivity contribution is 8.07. The number of para-hydroxylation sites is 1. The molecule has 1 aromatic carbocycles. The summed E-state index contributed by atoms with van der Waals surface area (Å²) in [5.41, 5.74) is -0.186. The zero-order chi connectivity index (χ0) is 33.8. The second-order valence-corrected chi connectivity index (χ2v) is 13.5. The molecule has 1 radical (unpaired) electrons. The predicted octanol–water partition coefficient (Wildman–Crippen LogP) is 2.34. The minimum absolute atomic E-state index is 0.120. The second-order valence-electron chi connectivity index (χ2n) is 10.5. The number of aromatic amines is 1. The van der Waals surface area contributed by atoms with Gasteiger partial charge in [0, 0.05) is 24.4 Å². The van der Waals surface area contributed by atoms with E-state index in [1.54, 1.807) is 0 Å². The van der Waals surface area contributed by atoms with E-state index < -0.39 is 74.3 Å². The summed E-state index contributed by atoms with van der Waals surface area (Å²) in [5, 5.41) is 21.9. The molecule has 6 rings (SSSR count). The van der Waals surface area contributed by atoms with Gasteiger partial charge >= 0.3 is 12.4 Å². The van der Waals surface area contributed by atoms with Crippen molar-refractivity contribution < 1.29 is 36.9 Å². The lowest BCUT2D eigenvalue weighted by atomic mass is 10.1. The summed E-state index contributed by atoms with van der Waals surface area (Å²) < 4.78 is 61.9. The number of anilines is 2. The average Bonchev–Trinajstić information content (AvgIpc) is 3.76. The number of hydrogen-bond acceptors (Lipinski definition) is 14. The molecule has 0 amide bonds. The highest BCUT2D eigenvalue weighted by atomic mass is 32.5. The molecule has 3 N–H and O–H groups in total. The molecular formula is C28H28F2N8O8PS. The first-order chi connectivity index (χ1) is 23.2. The SMILES string of the molecule is N#CCCOP(=S)(OC[C@@H]1[CH][C@H](F)[C@@H](n2cnc3c(Nc4ccccc4)ncnc32)O1)O[C@H]1[C@@H](F)[C@H](CO)O[C@@H]1n1ccc(=O)[nH]c1=O. The van der Waals surface area contributed by atoms with Crippen molar-refractivity contribution >= 4 is 41.2 Å². The molecule has 5 heterocycles. The van der Waals surface area contributed by atoms with Crippen LogP contribution >= 0.6 is 6.72 Å². The Morgan fingerprint density at radius 3 is 2.67 bits per heavy atom. The van der Waals surface area contributed by atoms with E-state index in [-0.39, 0.29) is 13.0 Å². The first-order valence-electron chi connectivity index (χ1n) is 14.5. The number of nitrogens with one attached hydrogen (secondary N) is 2. The molecule has 2 aliphatic heterocycles. The van der Waals surface area contributed by atoms with Crippen molar-refractivity contribution in [1.29, 1.82) is 5.26 Å². The lowest BCUT2D eigenvalue weighted by molar-refractivity contribution is -0.0557. The number of aliphatic hydroxyl groups excluding tert-OH is 1. The molecule has 2 aliphatic rings. The summed E-state index contributed by atoms with van der Waals surface area (Å²) >= 11 is 5.54. The number of hydrogen-bond donors (Lipinski definition) is 3. The molecular weight excluding hydrogens is 677 g/mol. The maximum atomic E-state index is 15.5. The van der Waals surface area contributed by atoms with Gasteiger partial charge in [0.2, 0.25) is 0 Å². The van der Waals surface area contributed by atoms with Crippen LogP contribution in [-0.2, 0) is 34.9 Å². The van der Waals surface area contributed by atoms with E-state index in [1.165, 1.54) is 23.6 Å². The van der Waals surface area contributed by atoms with Gasteiger partial charge in [-0.05, 0) is 23.9 Å². The number of alkyl halides is 2. The fourth-order valence-electron chi connectivity index (χ4n) is 5.12. The third-order valence-corrected chi connectivity index (χ3v) is 9.69. The van der Waals surface area contributed by atoms with Crippen LogP contribution in [0.15, 0.2) is 64.8 Å². The summed E-state index contributed by atoms with van der Waals surface area (Å²) in [6.45, 7) is -5.39. The van der Waals surface area contributed by atoms with E-state index in [0.717, 1.165) is 22.5 Å². The van der Waals surface area contributed by atoms with E-state index in [9.17, 15) is 14.7 Å². The Bertz CT molecular complexity index is 1940. The number of aromatic nitrogens is 6. The fraction of sp³-hybridized carbons (Fsp3) is 0.393. The van der Waals surface area contributed by atoms with E-state index in [2.05, 4.69) is 20.3 Å². The van der Waals surface area contributed by atoms with Gasteiger partial charge in [-0.25, -0.2) is 28.5 Å². The number of benzene rings is 1. The molecule has 0 bridgehead atoms. The number of H-pyrrole nitrogens is 1. The highest BCUT2D eigenvalue weighted by Gasteiger charge is 2.50. The van der Waals surface area contributed by atoms with Gasteiger partial charge < -0.3 is 28.9 Å². The van der Waals surface area contributed by atoms with Crippen LogP contribution in [0, 0.1) is 17.8 Å². The van der Waals surface area contributed by atoms with Gasteiger partial charge in [0.25, 0.3) is 5.56 Å². The number of nitriles is 1. The fourth-order valence-corrected chi connectivity index (χ4v) is 7.19. The summed E-state index contributed by atoms with van der Waals surface area (Å²) in [5.74, 6) is 0.405. The molecule has 3 aromatic heterocycles. The largest absolute Gasteiger partial charge is 0.394 e. The topological polar surface area (TPSA) is 201 Å². The quantitative estimate of drug-likeness (QED) is 0.135. The van der Waals surface area contributed by atoms with Gasteiger partial charge in [0.15, 0.2) is 41.8 Å². The van der Waals surface area contributed by atoms with Crippen LogP contribution in [0.2, 0.25) is 0 Å². The molecule has 0 spiro atoms. The molecule has 48 heavy (non-hydrogen) atoms. The third-order valence-electron chi connectivity index (χ3n) is 7.34. The van der Waals surface area contributed by atoms with Crippen LogP contribution in [0.3, 0.4) is 0 Å². The average molecular weight is 706 g/mol. The standard InChI is InChI=1S/C28H28F2N8O8PS/c29-18-11-17(44-26(18)38-15-34-22-24(32-14-33-25(22)38)35-16-5-2-1-3-6-16)13-43-47(48,42-10-4-8-31)46-23-21(30)19(12-39)45-27(23)37-9-7-20(40)36-28(37)41/h1-3,5-7,9,11,14-15,17-19,21,23,26-27,39H,4,10,12-13H2,(H,32,33,35)(H,36,40,41)/t17-,18-,19-,21-,23-,26-,27-,47?/m0/s1. The number of ether oxygens (including phenoxy) is 2. The van der Waals surface area contributed by atoms with Crippen LogP contribution in [-0.4, -0.2) is 84.7 Å². The zero-order valence-corrected chi connectivity index (χ0v) is 26.5. The summed E-state index contributed by atoms with van der Waals surface area (Å²) in [7, 11) is 0. The van der Waals surface area contributed by atoms with Gasteiger partial charge in [-0.2, -0.15) is 5.26 Å². The van der Waals surface area contributed by atoms with Crippen LogP contribution in [0.5, 0.6) is 0 Å². The van der Waals surface area contributed by atoms with Gasteiger partial charge in [-0.3, -0.25) is 23.4 Å². The van der Waals surface area contributed by atoms with Gasteiger partial charge in [0.05, 0.1) is 44.7 Å². The number of rotatable bonds is 13. The molecule has 20 heteroatoms. The van der Waals surface area contributed by atoms with Crippen molar-refractivity contribution in [2.45, 2.75) is 49.5 Å². The van der Waals surface area contributed by atoms with Crippen molar-refractivity contribution in [1.82, 2.24) is 29.1 Å². The normalized spacial score (nSPS) is 26.8. The lowest BCUT2D eigenvalue weighted by Gasteiger charge is -2.29. The number of nitrogens with zero attached hydrogens (tertiary/aromatic N) is 6. The molecule has 8 atom stereocenters. The van der Waals surface area contributed by atoms with Gasteiger partial charge in [-0.15, -0.1) is 0 Å². The van der Waals surface area contributed by atoms with E-state index >= 15 is 8.78 Å². The van der Waals surface area contributed by atoms with Crippen LogP contribution < -0.4 is 16.6 Å². The maximum absolute atomic E-state index is 15.5. The molecule has 16 nitrogen and oxygen atoms in total. The zero-order valence-electron chi connectivity index (χ0n) is 24.7. The molecule has 0 aliphatic carbocycles. The number of halogens is 2. The van der Waals surface area contributed by atoms with Crippen molar-refractivity contribution in [2.75, 3.05) is 25.1 Å². The van der Waals surface area contributed by atoms with Crippen LogP contribution in [0.25, 0.3) is 11.2 Å². The molecule has 2 fully saturated rings.